The number of aromatic amines is 1. The lowest BCUT2D eigenvalue weighted by Crippen LogP contribution is -2.32. The summed E-state index contributed by atoms with van der Waals surface area (Å²) < 4.78 is 4.92. The molecule has 0 saturated heterocycles. The number of nitrogens with one attached hydrogen (secondary N) is 3. The molecule has 1 aromatic heterocycles. The number of fused-ring (bicyclic) bond motifs is 1. The van der Waals surface area contributed by atoms with E-state index in [9.17, 15) is 4.79 Å². The van der Waals surface area contributed by atoms with Crippen molar-refractivity contribution in [2.45, 2.75) is 0 Å². The average molecular weight is 261 g/mol. The maximum Gasteiger partial charge on any atom is 0.253 e. The van der Waals surface area contributed by atoms with E-state index in [-0.39, 0.29) is 5.91 Å². The summed E-state index contributed by atoms with van der Waals surface area (Å²) in [7, 11) is 1.67. The molecule has 1 amide bonds. The fourth-order valence-electron chi connectivity index (χ4n) is 1.92. The number of amides is 1. The number of hydrogen-bond acceptors (Lipinski definition) is 3. The number of carbonyl (C=O) groups excluding carboxylic acids is 1. The van der Waals surface area contributed by atoms with Crippen LogP contribution in [-0.2, 0) is 4.74 Å². The third-order valence-electron chi connectivity index (χ3n) is 2.90. The Balaban J connectivity index is 1.83. The van der Waals surface area contributed by atoms with Crippen LogP contribution in [-0.4, -0.2) is 44.2 Å². The Kier molecular flexibility index (Phi) is 4.94. The smallest absolute Gasteiger partial charge is 0.253 e. The molecule has 102 valence electrons. The molecule has 0 bridgehead atoms. The fourth-order valence-corrected chi connectivity index (χ4v) is 1.92. The van der Waals surface area contributed by atoms with E-state index in [1.54, 1.807) is 13.3 Å². The minimum absolute atomic E-state index is 0.0500. The Labute approximate surface area is 112 Å². The number of aromatic nitrogens is 1. The summed E-state index contributed by atoms with van der Waals surface area (Å²) in [5, 5.41) is 7.02. The summed E-state index contributed by atoms with van der Waals surface area (Å²) >= 11 is 0. The summed E-state index contributed by atoms with van der Waals surface area (Å²) in [4.78, 5) is 15.1. The molecule has 0 aliphatic heterocycles. The highest BCUT2D eigenvalue weighted by Crippen LogP contribution is 2.17. The molecule has 0 fully saturated rings. The molecule has 5 heteroatoms. The van der Waals surface area contributed by atoms with Crippen molar-refractivity contribution in [3.05, 3.63) is 36.0 Å². The fraction of sp³-hybridized carbons (Fsp3) is 0.357. The van der Waals surface area contributed by atoms with Crippen LogP contribution in [0.2, 0.25) is 0 Å². The van der Waals surface area contributed by atoms with Crippen LogP contribution < -0.4 is 10.6 Å². The van der Waals surface area contributed by atoms with Crippen molar-refractivity contribution in [1.29, 1.82) is 0 Å². The quantitative estimate of drug-likeness (QED) is 0.655. The first kappa shape index (κ1) is 13.6. The van der Waals surface area contributed by atoms with Gasteiger partial charge in [0.15, 0.2) is 0 Å². The summed E-state index contributed by atoms with van der Waals surface area (Å²) in [6.07, 6.45) is 1.75. The van der Waals surface area contributed by atoms with Gasteiger partial charge in [-0.3, -0.25) is 4.79 Å². The van der Waals surface area contributed by atoms with Gasteiger partial charge in [-0.05, 0) is 6.07 Å². The van der Waals surface area contributed by atoms with Gasteiger partial charge in [0.2, 0.25) is 0 Å². The van der Waals surface area contributed by atoms with E-state index in [4.69, 9.17) is 4.74 Å². The number of ether oxygens (including phenoxy) is 1. The van der Waals surface area contributed by atoms with Gasteiger partial charge < -0.3 is 20.4 Å². The minimum Gasteiger partial charge on any atom is -0.383 e. The highest BCUT2D eigenvalue weighted by molar-refractivity contribution is 6.06. The highest BCUT2D eigenvalue weighted by Gasteiger charge is 2.10. The zero-order chi connectivity index (χ0) is 13.5. The summed E-state index contributed by atoms with van der Waals surface area (Å²) in [5.41, 5.74) is 1.67. The molecule has 0 spiro atoms. The SMILES string of the molecule is COCCNCCNC(=O)c1c[nH]c2ccccc12. The predicted octanol–water partition coefficient (Wildman–Crippen LogP) is 1.13. The first-order valence-electron chi connectivity index (χ1n) is 6.37. The molecule has 1 aromatic carbocycles. The van der Waals surface area contributed by atoms with Crippen LogP contribution in [0.1, 0.15) is 10.4 Å². The van der Waals surface area contributed by atoms with Gasteiger partial charge in [0.05, 0.1) is 12.2 Å². The lowest BCUT2D eigenvalue weighted by Gasteiger charge is -2.06. The predicted molar refractivity (Wildman–Crippen MR) is 75.4 cm³/mol. The lowest BCUT2D eigenvalue weighted by atomic mass is 10.1. The maximum atomic E-state index is 12.0. The molecule has 0 aliphatic carbocycles. The molecule has 0 unspecified atom stereocenters. The molecular formula is C14H19N3O2. The van der Waals surface area contributed by atoms with Crippen molar-refractivity contribution in [3.63, 3.8) is 0 Å². The van der Waals surface area contributed by atoms with Crippen LogP contribution in [0, 0.1) is 0 Å². The van der Waals surface area contributed by atoms with E-state index in [0.717, 1.165) is 24.0 Å². The number of hydrogen-bond donors (Lipinski definition) is 3. The molecule has 0 atom stereocenters. The normalized spacial score (nSPS) is 10.8. The second-order valence-corrected chi connectivity index (χ2v) is 4.25. The summed E-state index contributed by atoms with van der Waals surface area (Å²) in [6, 6.07) is 7.77. The molecule has 3 N–H and O–H groups in total. The average Bonchev–Trinajstić information content (AvgIpc) is 2.86. The largest absolute Gasteiger partial charge is 0.383 e. The van der Waals surface area contributed by atoms with Crippen LogP contribution in [0.25, 0.3) is 10.9 Å². The van der Waals surface area contributed by atoms with Gasteiger partial charge >= 0.3 is 0 Å². The Morgan fingerprint density at radius 2 is 2.11 bits per heavy atom. The number of H-pyrrole nitrogens is 1. The van der Waals surface area contributed by atoms with Gasteiger partial charge in [-0.25, -0.2) is 0 Å². The monoisotopic (exact) mass is 261 g/mol. The standard InChI is InChI=1S/C14H19N3O2/c1-19-9-8-15-6-7-16-14(18)12-10-17-13-5-3-2-4-11(12)13/h2-5,10,15,17H,6-9H2,1H3,(H,16,18). The Bertz CT molecular complexity index is 536. The van der Waals surface area contributed by atoms with E-state index in [1.165, 1.54) is 0 Å². The topological polar surface area (TPSA) is 66.2 Å². The van der Waals surface area contributed by atoms with E-state index >= 15 is 0 Å². The first-order chi connectivity index (χ1) is 9.33. The number of methoxy groups -OCH3 is 1. The molecule has 2 aromatic rings. The van der Waals surface area contributed by atoms with Gasteiger partial charge in [0.25, 0.3) is 5.91 Å². The summed E-state index contributed by atoms with van der Waals surface area (Å²) in [6.45, 7) is 2.80. The van der Waals surface area contributed by atoms with Crippen molar-refractivity contribution in [2.24, 2.45) is 0 Å². The summed E-state index contributed by atoms with van der Waals surface area (Å²) in [5.74, 6) is -0.0500. The molecule has 0 radical (unpaired) electrons. The van der Waals surface area contributed by atoms with E-state index in [0.29, 0.717) is 18.7 Å². The Morgan fingerprint density at radius 3 is 2.95 bits per heavy atom. The van der Waals surface area contributed by atoms with Crippen LogP contribution in [0.15, 0.2) is 30.5 Å². The molecular weight excluding hydrogens is 242 g/mol. The molecule has 5 nitrogen and oxygen atoms in total. The Hall–Kier alpha value is -1.85. The van der Waals surface area contributed by atoms with Gasteiger partial charge in [-0.15, -0.1) is 0 Å². The van der Waals surface area contributed by atoms with Crippen molar-refractivity contribution in [1.82, 2.24) is 15.6 Å². The molecule has 0 saturated carbocycles. The zero-order valence-electron chi connectivity index (χ0n) is 11.0. The molecule has 1 heterocycles. The molecule has 2 rings (SSSR count). The first-order valence-corrected chi connectivity index (χ1v) is 6.37. The maximum absolute atomic E-state index is 12.0. The van der Waals surface area contributed by atoms with Crippen molar-refractivity contribution in [3.8, 4) is 0 Å². The molecule has 19 heavy (non-hydrogen) atoms. The lowest BCUT2D eigenvalue weighted by molar-refractivity contribution is 0.0955. The second-order valence-electron chi connectivity index (χ2n) is 4.25. The van der Waals surface area contributed by atoms with Gasteiger partial charge in [0.1, 0.15) is 0 Å². The number of rotatable bonds is 7. The number of para-hydroxylation sites is 1. The van der Waals surface area contributed by atoms with Crippen LogP contribution >= 0.6 is 0 Å². The third-order valence-corrected chi connectivity index (χ3v) is 2.90. The number of benzene rings is 1. The van der Waals surface area contributed by atoms with Crippen LogP contribution in [0.5, 0.6) is 0 Å². The Morgan fingerprint density at radius 1 is 1.26 bits per heavy atom. The van der Waals surface area contributed by atoms with Gasteiger partial charge in [-0.2, -0.15) is 0 Å². The highest BCUT2D eigenvalue weighted by atomic mass is 16.5. The van der Waals surface area contributed by atoms with Gasteiger partial charge in [0, 0.05) is 43.8 Å². The second kappa shape index (κ2) is 6.92. The van der Waals surface area contributed by atoms with Gasteiger partial charge in [-0.1, -0.05) is 18.2 Å². The molecule has 0 aliphatic rings. The van der Waals surface area contributed by atoms with Crippen molar-refractivity contribution in [2.75, 3.05) is 33.4 Å². The third kappa shape index (κ3) is 3.56. The van der Waals surface area contributed by atoms with Crippen molar-refractivity contribution < 1.29 is 9.53 Å². The van der Waals surface area contributed by atoms with Crippen LogP contribution in [0.3, 0.4) is 0 Å². The zero-order valence-corrected chi connectivity index (χ0v) is 11.0. The van der Waals surface area contributed by atoms with E-state index in [1.807, 2.05) is 24.3 Å². The van der Waals surface area contributed by atoms with E-state index < -0.39 is 0 Å². The van der Waals surface area contributed by atoms with Crippen LogP contribution in [0.4, 0.5) is 0 Å². The van der Waals surface area contributed by atoms with Crippen molar-refractivity contribution >= 4 is 16.8 Å². The van der Waals surface area contributed by atoms with E-state index in [2.05, 4.69) is 15.6 Å². The minimum atomic E-state index is -0.0500. The number of carbonyl (C=O) groups is 1.